The van der Waals surface area contributed by atoms with Crippen molar-refractivity contribution >= 4 is 11.7 Å². The molecule has 0 aromatic carbocycles. The Morgan fingerprint density at radius 1 is 1.53 bits per heavy atom. The molecule has 1 aliphatic rings. The molecule has 1 amide bonds. The maximum Gasteiger partial charge on any atom is 0.251 e. The molecule has 1 atom stereocenters. The van der Waals surface area contributed by atoms with Crippen LogP contribution in [0.3, 0.4) is 0 Å². The highest BCUT2D eigenvalue weighted by Crippen LogP contribution is 2.07. The molecule has 19 heavy (non-hydrogen) atoms. The minimum absolute atomic E-state index is 0.0622. The third kappa shape index (κ3) is 4.18. The lowest BCUT2D eigenvalue weighted by Gasteiger charge is -2.23. The molecule has 0 saturated carbocycles. The van der Waals surface area contributed by atoms with Crippen LogP contribution >= 0.6 is 0 Å². The highest BCUT2D eigenvalue weighted by Gasteiger charge is 2.15. The first kappa shape index (κ1) is 13.8. The van der Waals surface area contributed by atoms with Gasteiger partial charge in [-0.05, 0) is 19.1 Å². The molecule has 104 valence electrons. The van der Waals surface area contributed by atoms with Crippen molar-refractivity contribution < 1.29 is 14.3 Å². The minimum Gasteiger partial charge on any atom is -0.376 e. The number of aromatic nitrogens is 1. The van der Waals surface area contributed by atoms with E-state index >= 15 is 0 Å². The molecule has 1 saturated heterocycles. The van der Waals surface area contributed by atoms with Crippen molar-refractivity contribution in [3.05, 3.63) is 23.9 Å². The number of anilines is 1. The van der Waals surface area contributed by atoms with E-state index in [0.29, 0.717) is 37.7 Å². The van der Waals surface area contributed by atoms with Crippen LogP contribution in [0.15, 0.2) is 18.3 Å². The van der Waals surface area contributed by atoms with Gasteiger partial charge >= 0.3 is 0 Å². The number of pyridine rings is 1. The van der Waals surface area contributed by atoms with Gasteiger partial charge in [-0.15, -0.1) is 0 Å². The van der Waals surface area contributed by atoms with E-state index in [1.165, 1.54) is 0 Å². The minimum atomic E-state index is -0.129. The predicted molar refractivity (Wildman–Crippen MR) is 71.3 cm³/mol. The Kier molecular flexibility index (Phi) is 5.11. The van der Waals surface area contributed by atoms with Crippen molar-refractivity contribution in [2.24, 2.45) is 0 Å². The van der Waals surface area contributed by atoms with Crippen LogP contribution in [0.1, 0.15) is 17.3 Å². The standard InChI is InChI=1S/C13H19N3O3/c1-2-14-12-7-10(3-4-15-12)13(17)16-8-11-9-18-5-6-19-11/h3-4,7,11H,2,5-6,8-9H2,1H3,(H,14,15)(H,16,17). The number of nitrogens with one attached hydrogen (secondary N) is 2. The summed E-state index contributed by atoms with van der Waals surface area (Å²) in [5.41, 5.74) is 0.586. The van der Waals surface area contributed by atoms with E-state index in [2.05, 4.69) is 15.6 Å². The number of hydrogen-bond acceptors (Lipinski definition) is 5. The topological polar surface area (TPSA) is 72.5 Å². The first-order chi connectivity index (χ1) is 9.29. The smallest absolute Gasteiger partial charge is 0.251 e. The number of carbonyl (C=O) groups is 1. The molecule has 1 aliphatic heterocycles. The lowest BCUT2D eigenvalue weighted by molar-refractivity contribution is -0.0855. The first-order valence-electron chi connectivity index (χ1n) is 6.47. The van der Waals surface area contributed by atoms with Gasteiger partial charge in [-0.25, -0.2) is 4.98 Å². The summed E-state index contributed by atoms with van der Waals surface area (Å²) in [5.74, 6) is 0.572. The second-order valence-corrected chi connectivity index (χ2v) is 4.24. The molecule has 1 unspecified atom stereocenters. The van der Waals surface area contributed by atoms with Gasteiger partial charge in [0.1, 0.15) is 5.82 Å². The Labute approximate surface area is 112 Å². The number of carbonyl (C=O) groups excluding carboxylic acids is 1. The van der Waals surface area contributed by atoms with Gasteiger partial charge in [-0.3, -0.25) is 4.79 Å². The van der Waals surface area contributed by atoms with Crippen LogP contribution in [-0.4, -0.2) is 49.9 Å². The summed E-state index contributed by atoms with van der Waals surface area (Å²) < 4.78 is 10.7. The largest absolute Gasteiger partial charge is 0.376 e. The monoisotopic (exact) mass is 265 g/mol. The normalized spacial score (nSPS) is 18.9. The molecular formula is C13H19N3O3. The number of nitrogens with zero attached hydrogens (tertiary/aromatic N) is 1. The van der Waals surface area contributed by atoms with Gasteiger partial charge in [-0.1, -0.05) is 0 Å². The van der Waals surface area contributed by atoms with Gasteiger partial charge in [0.15, 0.2) is 0 Å². The maximum absolute atomic E-state index is 12.0. The number of rotatable bonds is 5. The molecular weight excluding hydrogens is 246 g/mol. The zero-order chi connectivity index (χ0) is 13.5. The van der Waals surface area contributed by atoms with Crippen LogP contribution in [0.4, 0.5) is 5.82 Å². The van der Waals surface area contributed by atoms with Crippen molar-refractivity contribution in [3.63, 3.8) is 0 Å². The second-order valence-electron chi connectivity index (χ2n) is 4.24. The fourth-order valence-corrected chi connectivity index (χ4v) is 1.81. The summed E-state index contributed by atoms with van der Waals surface area (Å²) in [6, 6.07) is 3.42. The number of ether oxygens (including phenoxy) is 2. The van der Waals surface area contributed by atoms with Gasteiger partial charge in [0.25, 0.3) is 5.91 Å². The van der Waals surface area contributed by atoms with Crippen molar-refractivity contribution in [1.29, 1.82) is 0 Å². The van der Waals surface area contributed by atoms with Gasteiger partial charge < -0.3 is 20.1 Å². The molecule has 6 nitrogen and oxygen atoms in total. The van der Waals surface area contributed by atoms with Crippen molar-refractivity contribution in [2.45, 2.75) is 13.0 Å². The van der Waals surface area contributed by atoms with Crippen molar-refractivity contribution in [1.82, 2.24) is 10.3 Å². The summed E-state index contributed by atoms with van der Waals surface area (Å²) in [7, 11) is 0. The van der Waals surface area contributed by atoms with E-state index < -0.39 is 0 Å². The zero-order valence-electron chi connectivity index (χ0n) is 11.0. The molecule has 1 aromatic rings. The van der Waals surface area contributed by atoms with E-state index in [1.54, 1.807) is 18.3 Å². The molecule has 2 heterocycles. The number of amides is 1. The van der Waals surface area contributed by atoms with Crippen molar-refractivity contribution in [3.8, 4) is 0 Å². The summed E-state index contributed by atoms with van der Waals surface area (Å²) in [4.78, 5) is 16.1. The third-order valence-electron chi connectivity index (χ3n) is 2.76. The molecule has 0 radical (unpaired) electrons. The van der Waals surface area contributed by atoms with E-state index in [-0.39, 0.29) is 12.0 Å². The first-order valence-corrected chi connectivity index (χ1v) is 6.47. The van der Waals surface area contributed by atoms with Crippen LogP contribution in [0, 0.1) is 0 Å². The Bertz CT molecular complexity index is 419. The Morgan fingerprint density at radius 3 is 3.16 bits per heavy atom. The van der Waals surface area contributed by atoms with E-state index in [1.807, 2.05) is 6.92 Å². The number of hydrogen-bond donors (Lipinski definition) is 2. The molecule has 1 fully saturated rings. The van der Waals surface area contributed by atoms with Crippen LogP contribution in [0.2, 0.25) is 0 Å². The van der Waals surface area contributed by atoms with Crippen molar-refractivity contribution in [2.75, 3.05) is 38.2 Å². The van der Waals surface area contributed by atoms with E-state index in [4.69, 9.17) is 9.47 Å². The SMILES string of the molecule is CCNc1cc(C(=O)NCC2COCCO2)ccn1. The van der Waals surface area contributed by atoms with Crippen LogP contribution < -0.4 is 10.6 Å². The van der Waals surface area contributed by atoms with Gasteiger partial charge in [0, 0.05) is 24.8 Å². The third-order valence-corrected chi connectivity index (χ3v) is 2.76. The average Bonchev–Trinajstić information content (AvgIpc) is 2.46. The Hall–Kier alpha value is -1.66. The predicted octanol–water partition coefficient (Wildman–Crippen LogP) is 0.659. The molecule has 6 heteroatoms. The summed E-state index contributed by atoms with van der Waals surface area (Å²) in [5, 5.41) is 5.91. The van der Waals surface area contributed by atoms with Gasteiger partial charge in [-0.2, -0.15) is 0 Å². The summed E-state index contributed by atoms with van der Waals surface area (Å²) in [6.07, 6.45) is 1.56. The highest BCUT2D eigenvalue weighted by molar-refractivity contribution is 5.94. The van der Waals surface area contributed by atoms with Crippen LogP contribution in [0.5, 0.6) is 0 Å². The Morgan fingerprint density at radius 2 is 2.42 bits per heavy atom. The average molecular weight is 265 g/mol. The fraction of sp³-hybridized carbons (Fsp3) is 0.538. The molecule has 0 aliphatic carbocycles. The van der Waals surface area contributed by atoms with Crippen LogP contribution in [0.25, 0.3) is 0 Å². The summed E-state index contributed by atoms with van der Waals surface area (Å²) >= 11 is 0. The molecule has 1 aromatic heterocycles. The van der Waals surface area contributed by atoms with E-state index in [9.17, 15) is 4.79 Å². The van der Waals surface area contributed by atoms with Crippen LogP contribution in [-0.2, 0) is 9.47 Å². The fourth-order valence-electron chi connectivity index (χ4n) is 1.81. The lowest BCUT2D eigenvalue weighted by Crippen LogP contribution is -2.39. The molecule has 2 N–H and O–H groups in total. The van der Waals surface area contributed by atoms with Gasteiger partial charge in [0.05, 0.1) is 25.9 Å². The molecule has 2 rings (SSSR count). The maximum atomic E-state index is 12.0. The van der Waals surface area contributed by atoms with Gasteiger partial charge in [0.2, 0.25) is 0 Å². The molecule has 0 spiro atoms. The quantitative estimate of drug-likeness (QED) is 0.818. The Balaban J connectivity index is 1.86. The molecule has 0 bridgehead atoms. The highest BCUT2D eigenvalue weighted by atomic mass is 16.6. The second kappa shape index (κ2) is 7.06. The lowest BCUT2D eigenvalue weighted by atomic mass is 10.2. The zero-order valence-corrected chi connectivity index (χ0v) is 11.0. The summed E-state index contributed by atoms with van der Waals surface area (Å²) in [6.45, 7) is 4.94. The van der Waals surface area contributed by atoms with E-state index in [0.717, 1.165) is 6.54 Å².